The topological polar surface area (TPSA) is 141 Å². The molecule has 9 nitrogen and oxygen atoms in total. The largest absolute Gasteiger partial charge is 0.479 e. The Balaban J connectivity index is 1.90. The number of thiophene rings is 1. The first-order chi connectivity index (χ1) is 15.4. The number of urea groups is 1. The van der Waals surface area contributed by atoms with E-state index in [-0.39, 0.29) is 17.1 Å². The number of nitrogens with one attached hydrogen (secondary N) is 3. The van der Waals surface area contributed by atoms with Gasteiger partial charge in [-0.05, 0) is 33.3 Å². The fraction of sp³-hybridized carbons (Fsp3) is 0.318. The number of benzene rings is 1. The second-order valence-corrected chi connectivity index (χ2v) is 10.4. The molecule has 0 fully saturated rings. The summed E-state index contributed by atoms with van der Waals surface area (Å²) in [5.41, 5.74) is 0.641. The van der Waals surface area contributed by atoms with Crippen LogP contribution in [0.3, 0.4) is 0 Å². The zero-order valence-electron chi connectivity index (χ0n) is 18.5. The molecule has 0 saturated carbocycles. The molecule has 0 aliphatic rings. The number of Topliss-reactive ketones (excluding diaryl/α,β-unsaturated/α-hetero) is 1. The number of aromatic amines is 1. The molecule has 1 atom stereocenters. The monoisotopic (exact) mass is 488 g/mol. The second kappa shape index (κ2) is 9.36. The maximum absolute atomic E-state index is 12.8. The van der Waals surface area contributed by atoms with Crippen LogP contribution in [0.1, 0.15) is 33.5 Å². The van der Waals surface area contributed by atoms with Gasteiger partial charge in [-0.2, -0.15) is 0 Å². The summed E-state index contributed by atoms with van der Waals surface area (Å²) >= 11 is 1.96. The molecule has 33 heavy (non-hydrogen) atoms. The highest BCUT2D eigenvalue weighted by Gasteiger charge is 2.46. The molecule has 1 unspecified atom stereocenters. The van der Waals surface area contributed by atoms with Gasteiger partial charge in [0.1, 0.15) is 10.7 Å². The van der Waals surface area contributed by atoms with Crippen LogP contribution in [0.25, 0.3) is 21.3 Å². The quantitative estimate of drug-likeness (QED) is 0.295. The van der Waals surface area contributed by atoms with Gasteiger partial charge in [-0.15, -0.1) is 23.1 Å². The van der Waals surface area contributed by atoms with Gasteiger partial charge in [0.05, 0.1) is 11.1 Å². The van der Waals surface area contributed by atoms with Crippen LogP contribution in [-0.4, -0.2) is 43.3 Å². The second-order valence-electron chi connectivity index (χ2n) is 8.37. The third kappa shape index (κ3) is 5.42. The average molecular weight is 489 g/mol. The molecular formula is C22H24N4O5S2. The molecule has 2 aromatic heterocycles. The van der Waals surface area contributed by atoms with Crippen LogP contribution in [0.5, 0.6) is 0 Å². The number of carbonyl (C=O) groups is 3. The molecule has 2 heterocycles. The standard InChI is InChI=1S/C22H24N4O5S2/c1-12(27)22(19(29)30,26-20(31)25-21(2,3)4)33-11-15-23-17(28)16-14(10-32-18(16)24-15)13-8-6-5-7-9-13/h5-10H,11H2,1-4H3,(H,29,30)(H,23,24,28)(H2,25,26,31). The molecule has 0 radical (unpaired) electrons. The molecule has 0 aliphatic heterocycles. The van der Waals surface area contributed by atoms with E-state index >= 15 is 0 Å². The lowest BCUT2D eigenvalue weighted by atomic mass is 10.1. The fourth-order valence-electron chi connectivity index (χ4n) is 3.09. The minimum atomic E-state index is -2.24. The maximum Gasteiger partial charge on any atom is 0.348 e. The van der Waals surface area contributed by atoms with Crippen molar-refractivity contribution >= 4 is 51.1 Å². The normalized spacial score (nSPS) is 13.3. The van der Waals surface area contributed by atoms with Crippen LogP contribution in [0.15, 0.2) is 40.5 Å². The zero-order valence-corrected chi connectivity index (χ0v) is 20.1. The predicted octanol–water partition coefficient (Wildman–Crippen LogP) is 3.35. The number of aliphatic carboxylic acids is 1. The van der Waals surface area contributed by atoms with Crippen LogP contribution in [-0.2, 0) is 15.3 Å². The highest BCUT2D eigenvalue weighted by molar-refractivity contribution is 8.01. The first-order valence-corrected chi connectivity index (χ1v) is 11.8. The molecule has 1 aromatic carbocycles. The molecule has 0 spiro atoms. The lowest BCUT2D eigenvalue weighted by Gasteiger charge is -2.29. The fourth-order valence-corrected chi connectivity index (χ4v) is 5.04. The number of aromatic nitrogens is 2. The number of hydrogen-bond donors (Lipinski definition) is 4. The molecule has 174 valence electrons. The van der Waals surface area contributed by atoms with E-state index in [0.29, 0.717) is 22.0 Å². The zero-order chi connectivity index (χ0) is 24.4. The van der Waals surface area contributed by atoms with Gasteiger partial charge >= 0.3 is 12.0 Å². The summed E-state index contributed by atoms with van der Waals surface area (Å²) in [6.45, 7) is 6.27. The number of amides is 2. The molecule has 11 heteroatoms. The Morgan fingerprint density at radius 2 is 1.82 bits per heavy atom. The average Bonchev–Trinajstić information content (AvgIpc) is 3.14. The van der Waals surface area contributed by atoms with Crippen molar-refractivity contribution in [2.24, 2.45) is 0 Å². The molecule has 4 N–H and O–H groups in total. The summed E-state index contributed by atoms with van der Waals surface area (Å²) < 4.78 is 0. The number of carbonyl (C=O) groups excluding carboxylic acids is 2. The van der Waals surface area contributed by atoms with E-state index in [4.69, 9.17) is 0 Å². The summed E-state index contributed by atoms with van der Waals surface area (Å²) in [6.07, 6.45) is 0. The minimum Gasteiger partial charge on any atom is -0.479 e. The van der Waals surface area contributed by atoms with Crippen molar-refractivity contribution in [3.63, 3.8) is 0 Å². The summed E-state index contributed by atoms with van der Waals surface area (Å²) in [5.74, 6) is -2.21. The van der Waals surface area contributed by atoms with Crippen molar-refractivity contribution in [3.8, 4) is 11.1 Å². The summed E-state index contributed by atoms with van der Waals surface area (Å²) in [6, 6.07) is 8.63. The number of ketones is 1. The highest BCUT2D eigenvalue weighted by Crippen LogP contribution is 2.32. The number of nitrogens with zero attached hydrogens (tertiary/aromatic N) is 1. The Bertz CT molecular complexity index is 1250. The van der Waals surface area contributed by atoms with E-state index in [1.54, 1.807) is 20.8 Å². The van der Waals surface area contributed by atoms with Crippen LogP contribution in [0, 0.1) is 0 Å². The van der Waals surface area contributed by atoms with Gasteiger partial charge in [-0.3, -0.25) is 9.59 Å². The van der Waals surface area contributed by atoms with Gasteiger partial charge in [0.2, 0.25) is 4.87 Å². The summed E-state index contributed by atoms with van der Waals surface area (Å²) in [4.78, 5) is 54.9. The van der Waals surface area contributed by atoms with Crippen molar-refractivity contribution in [2.75, 3.05) is 0 Å². The van der Waals surface area contributed by atoms with Crippen molar-refractivity contribution in [1.82, 2.24) is 20.6 Å². The smallest absolute Gasteiger partial charge is 0.348 e. The molecule has 3 aromatic rings. The number of carboxylic acids is 1. The van der Waals surface area contributed by atoms with E-state index < -0.39 is 28.2 Å². The number of H-pyrrole nitrogens is 1. The van der Waals surface area contributed by atoms with Crippen molar-refractivity contribution in [1.29, 1.82) is 0 Å². The van der Waals surface area contributed by atoms with E-state index in [1.807, 2.05) is 35.7 Å². The molecular weight excluding hydrogens is 464 g/mol. The molecule has 0 aliphatic carbocycles. The van der Waals surface area contributed by atoms with Crippen LogP contribution >= 0.6 is 23.1 Å². The third-order valence-corrected chi connectivity index (χ3v) is 6.87. The Labute approximate surface area is 198 Å². The highest BCUT2D eigenvalue weighted by atomic mass is 32.2. The van der Waals surface area contributed by atoms with Gasteiger partial charge in [0.25, 0.3) is 5.56 Å². The van der Waals surface area contributed by atoms with Gasteiger partial charge in [0.15, 0.2) is 5.78 Å². The minimum absolute atomic E-state index is 0.120. The van der Waals surface area contributed by atoms with E-state index in [9.17, 15) is 24.3 Å². The third-order valence-electron chi connectivity index (χ3n) is 4.58. The number of fused-ring (bicyclic) bond motifs is 1. The number of hydrogen-bond acceptors (Lipinski definition) is 7. The Morgan fingerprint density at radius 1 is 1.15 bits per heavy atom. The van der Waals surface area contributed by atoms with Crippen LogP contribution in [0.4, 0.5) is 4.79 Å². The molecule has 2 amide bonds. The first kappa shape index (κ1) is 24.5. The number of thioether (sulfide) groups is 1. The molecule has 3 rings (SSSR count). The van der Waals surface area contributed by atoms with E-state index in [0.717, 1.165) is 18.1 Å². The lowest BCUT2D eigenvalue weighted by Crippen LogP contribution is -2.61. The van der Waals surface area contributed by atoms with Gasteiger partial charge < -0.3 is 20.7 Å². The first-order valence-electron chi connectivity index (χ1n) is 9.97. The van der Waals surface area contributed by atoms with E-state index in [2.05, 4.69) is 20.6 Å². The lowest BCUT2D eigenvalue weighted by molar-refractivity contribution is -0.144. The summed E-state index contributed by atoms with van der Waals surface area (Å²) in [5, 5.41) is 16.9. The number of rotatable bonds is 7. The van der Waals surface area contributed by atoms with Gasteiger partial charge in [-0.1, -0.05) is 30.3 Å². The van der Waals surface area contributed by atoms with Crippen LogP contribution < -0.4 is 16.2 Å². The van der Waals surface area contributed by atoms with Crippen molar-refractivity contribution in [3.05, 3.63) is 51.9 Å². The maximum atomic E-state index is 12.8. The SMILES string of the molecule is CC(=O)C(NC(=O)NC(C)(C)C)(SCc1nc2scc(-c3ccccc3)c2c(=O)[nH]1)C(=O)O. The van der Waals surface area contributed by atoms with Gasteiger partial charge in [-0.25, -0.2) is 14.6 Å². The molecule has 0 bridgehead atoms. The Kier molecular flexibility index (Phi) is 6.94. The van der Waals surface area contributed by atoms with Crippen molar-refractivity contribution < 1.29 is 19.5 Å². The Hall–Kier alpha value is -3.18. The van der Waals surface area contributed by atoms with Crippen LogP contribution in [0.2, 0.25) is 0 Å². The van der Waals surface area contributed by atoms with E-state index in [1.165, 1.54) is 11.3 Å². The van der Waals surface area contributed by atoms with Gasteiger partial charge in [0, 0.05) is 16.5 Å². The van der Waals surface area contributed by atoms with Crippen molar-refractivity contribution in [2.45, 2.75) is 43.9 Å². The Morgan fingerprint density at radius 3 is 2.39 bits per heavy atom. The molecule has 0 saturated heterocycles. The predicted molar refractivity (Wildman–Crippen MR) is 129 cm³/mol. The summed E-state index contributed by atoms with van der Waals surface area (Å²) in [7, 11) is 0. The number of carboxylic acid groups (broad SMARTS) is 1.